The summed E-state index contributed by atoms with van der Waals surface area (Å²) in [6.45, 7) is 2.11. The molecule has 2 rings (SSSR count). The Morgan fingerprint density at radius 3 is 2.52 bits per heavy atom. The maximum absolute atomic E-state index is 13.2. The van der Waals surface area contributed by atoms with Crippen LogP contribution in [0.5, 0.6) is 0 Å². The van der Waals surface area contributed by atoms with Crippen LogP contribution in [0.2, 0.25) is 0 Å². The van der Waals surface area contributed by atoms with Gasteiger partial charge in [0.15, 0.2) is 11.6 Å². The smallest absolute Gasteiger partial charge is 0.255 e. The predicted molar refractivity (Wildman–Crippen MR) is 81.0 cm³/mol. The molecule has 2 aromatic carbocycles. The fraction of sp³-hybridized carbons (Fsp3) is 0.188. The van der Waals surface area contributed by atoms with Crippen molar-refractivity contribution in [3.05, 3.63) is 69.2 Å². The molecular weight excluding hydrogens is 340 g/mol. The first kappa shape index (κ1) is 15.6. The van der Waals surface area contributed by atoms with Crippen LogP contribution in [0.4, 0.5) is 8.78 Å². The number of amides is 1. The van der Waals surface area contributed by atoms with Crippen LogP contribution in [0.1, 0.15) is 21.5 Å². The summed E-state index contributed by atoms with van der Waals surface area (Å²) in [6, 6.07) is 9.13. The molecule has 0 saturated carbocycles. The summed E-state index contributed by atoms with van der Waals surface area (Å²) in [6.07, 6.45) is 0. The van der Waals surface area contributed by atoms with E-state index in [0.717, 1.165) is 17.7 Å². The van der Waals surface area contributed by atoms with Gasteiger partial charge in [0.05, 0.1) is 5.56 Å². The number of hydrogen-bond donors (Lipinski definition) is 0. The van der Waals surface area contributed by atoms with Gasteiger partial charge in [-0.25, -0.2) is 8.78 Å². The minimum absolute atomic E-state index is 0.185. The molecule has 0 aromatic heterocycles. The van der Waals surface area contributed by atoms with Gasteiger partial charge < -0.3 is 4.90 Å². The van der Waals surface area contributed by atoms with Gasteiger partial charge in [-0.2, -0.15) is 0 Å². The minimum Gasteiger partial charge on any atom is -0.337 e. The average molecular weight is 354 g/mol. The molecule has 0 radical (unpaired) electrons. The normalized spacial score (nSPS) is 10.5. The third kappa shape index (κ3) is 3.67. The van der Waals surface area contributed by atoms with Gasteiger partial charge in [0.25, 0.3) is 5.91 Å². The van der Waals surface area contributed by atoms with Crippen LogP contribution in [-0.2, 0) is 6.54 Å². The van der Waals surface area contributed by atoms with E-state index in [1.165, 1.54) is 11.0 Å². The van der Waals surface area contributed by atoms with E-state index in [1.807, 2.05) is 19.1 Å². The van der Waals surface area contributed by atoms with Crippen LogP contribution in [0.25, 0.3) is 0 Å². The zero-order valence-electron chi connectivity index (χ0n) is 11.7. The molecule has 0 N–H and O–H groups in total. The van der Waals surface area contributed by atoms with Crippen LogP contribution < -0.4 is 0 Å². The highest BCUT2D eigenvalue weighted by Gasteiger charge is 2.16. The summed E-state index contributed by atoms with van der Waals surface area (Å²) in [4.78, 5) is 13.9. The maximum Gasteiger partial charge on any atom is 0.255 e. The summed E-state index contributed by atoms with van der Waals surface area (Å²) < 4.78 is 26.8. The number of carbonyl (C=O) groups excluding carboxylic acids is 1. The Balaban J connectivity index is 2.19. The highest BCUT2D eigenvalue weighted by atomic mass is 79.9. The van der Waals surface area contributed by atoms with Gasteiger partial charge in [-0.15, -0.1) is 0 Å². The number of aryl methyl sites for hydroxylation is 1. The topological polar surface area (TPSA) is 20.3 Å². The van der Waals surface area contributed by atoms with Gasteiger partial charge in [0.1, 0.15) is 0 Å². The molecule has 0 atom stereocenters. The van der Waals surface area contributed by atoms with Gasteiger partial charge in [-0.05, 0) is 52.7 Å². The van der Waals surface area contributed by atoms with E-state index in [-0.39, 0.29) is 12.5 Å². The molecule has 5 heteroatoms. The molecule has 0 fully saturated rings. The van der Waals surface area contributed by atoms with Gasteiger partial charge in [-0.1, -0.05) is 17.7 Å². The molecule has 0 aliphatic carbocycles. The van der Waals surface area contributed by atoms with Crippen molar-refractivity contribution in [2.75, 3.05) is 7.05 Å². The quantitative estimate of drug-likeness (QED) is 0.805. The molecule has 2 aromatic rings. The molecule has 1 amide bonds. The SMILES string of the molecule is Cc1ccc(Br)c(C(=O)N(C)Cc2ccc(F)c(F)c2)c1. The second-order valence-corrected chi connectivity index (χ2v) is 5.75. The Labute approximate surface area is 130 Å². The summed E-state index contributed by atoms with van der Waals surface area (Å²) in [5, 5.41) is 0. The predicted octanol–water partition coefficient (Wildman–Crippen LogP) is 4.31. The van der Waals surface area contributed by atoms with E-state index in [4.69, 9.17) is 0 Å². The van der Waals surface area contributed by atoms with Gasteiger partial charge in [0, 0.05) is 18.1 Å². The second-order valence-electron chi connectivity index (χ2n) is 4.89. The number of rotatable bonds is 3. The van der Waals surface area contributed by atoms with E-state index >= 15 is 0 Å². The summed E-state index contributed by atoms with van der Waals surface area (Å²) in [5.41, 5.74) is 2.05. The van der Waals surface area contributed by atoms with E-state index in [1.54, 1.807) is 13.1 Å². The third-order valence-corrected chi connectivity index (χ3v) is 3.79. The first-order chi connectivity index (χ1) is 9.88. The highest BCUT2D eigenvalue weighted by molar-refractivity contribution is 9.10. The monoisotopic (exact) mass is 353 g/mol. The lowest BCUT2D eigenvalue weighted by Crippen LogP contribution is -2.26. The molecule has 0 heterocycles. The van der Waals surface area contributed by atoms with Gasteiger partial charge in [-0.3, -0.25) is 4.79 Å². The van der Waals surface area contributed by atoms with E-state index in [2.05, 4.69) is 15.9 Å². The second kappa shape index (κ2) is 6.35. The van der Waals surface area contributed by atoms with Crippen molar-refractivity contribution in [1.29, 1.82) is 0 Å². The van der Waals surface area contributed by atoms with E-state index < -0.39 is 11.6 Å². The Morgan fingerprint density at radius 1 is 1.14 bits per heavy atom. The van der Waals surface area contributed by atoms with Crippen LogP contribution in [0, 0.1) is 18.6 Å². The number of nitrogens with zero attached hydrogens (tertiary/aromatic N) is 1. The lowest BCUT2D eigenvalue weighted by molar-refractivity contribution is 0.0784. The molecule has 21 heavy (non-hydrogen) atoms. The number of halogens is 3. The zero-order valence-corrected chi connectivity index (χ0v) is 13.2. The molecule has 0 saturated heterocycles. The Hall–Kier alpha value is -1.75. The highest BCUT2D eigenvalue weighted by Crippen LogP contribution is 2.20. The lowest BCUT2D eigenvalue weighted by Gasteiger charge is -2.18. The van der Waals surface area contributed by atoms with Crippen molar-refractivity contribution < 1.29 is 13.6 Å². The Morgan fingerprint density at radius 2 is 1.86 bits per heavy atom. The van der Waals surface area contributed by atoms with E-state index in [0.29, 0.717) is 15.6 Å². The number of benzene rings is 2. The standard InChI is InChI=1S/C16H14BrF2NO/c1-10-3-5-13(17)12(7-10)16(21)20(2)9-11-4-6-14(18)15(19)8-11/h3-8H,9H2,1-2H3. The molecular formula is C16H14BrF2NO. The Bertz CT molecular complexity index is 688. The summed E-state index contributed by atoms with van der Waals surface area (Å²) in [7, 11) is 1.62. The summed E-state index contributed by atoms with van der Waals surface area (Å²) >= 11 is 3.35. The van der Waals surface area contributed by atoms with Crippen molar-refractivity contribution in [1.82, 2.24) is 4.90 Å². The van der Waals surface area contributed by atoms with Crippen molar-refractivity contribution >= 4 is 21.8 Å². The fourth-order valence-corrected chi connectivity index (χ4v) is 2.41. The zero-order chi connectivity index (χ0) is 15.6. The molecule has 0 unspecified atom stereocenters. The number of carbonyl (C=O) groups is 1. The molecule has 0 bridgehead atoms. The average Bonchev–Trinajstić information content (AvgIpc) is 2.44. The van der Waals surface area contributed by atoms with Gasteiger partial charge in [0.2, 0.25) is 0 Å². The summed E-state index contributed by atoms with van der Waals surface area (Å²) in [5.74, 6) is -1.99. The lowest BCUT2D eigenvalue weighted by atomic mass is 10.1. The molecule has 0 aliphatic rings. The molecule has 0 aliphatic heterocycles. The van der Waals surface area contributed by atoms with Crippen LogP contribution in [-0.4, -0.2) is 17.9 Å². The van der Waals surface area contributed by atoms with Crippen molar-refractivity contribution in [2.24, 2.45) is 0 Å². The van der Waals surface area contributed by atoms with E-state index in [9.17, 15) is 13.6 Å². The van der Waals surface area contributed by atoms with Crippen LogP contribution in [0.15, 0.2) is 40.9 Å². The van der Waals surface area contributed by atoms with Gasteiger partial charge >= 0.3 is 0 Å². The Kier molecular flexibility index (Phi) is 4.73. The largest absolute Gasteiger partial charge is 0.337 e. The molecule has 0 spiro atoms. The van der Waals surface area contributed by atoms with Crippen LogP contribution in [0.3, 0.4) is 0 Å². The van der Waals surface area contributed by atoms with Crippen molar-refractivity contribution in [2.45, 2.75) is 13.5 Å². The third-order valence-electron chi connectivity index (χ3n) is 3.10. The van der Waals surface area contributed by atoms with Crippen LogP contribution >= 0.6 is 15.9 Å². The molecule has 2 nitrogen and oxygen atoms in total. The first-order valence-electron chi connectivity index (χ1n) is 6.34. The minimum atomic E-state index is -0.912. The first-order valence-corrected chi connectivity index (χ1v) is 7.13. The number of hydrogen-bond acceptors (Lipinski definition) is 1. The fourth-order valence-electron chi connectivity index (χ4n) is 1.99. The van der Waals surface area contributed by atoms with Crippen molar-refractivity contribution in [3.63, 3.8) is 0 Å². The van der Waals surface area contributed by atoms with Crippen molar-refractivity contribution in [3.8, 4) is 0 Å². The maximum atomic E-state index is 13.2. The molecule has 110 valence electrons.